The predicted octanol–water partition coefficient (Wildman–Crippen LogP) is 4.45. The van der Waals surface area contributed by atoms with Crippen LogP contribution in [0.3, 0.4) is 0 Å². The number of hydrogen-bond donors (Lipinski definition) is 1. The Kier molecular flexibility index (Phi) is 4.84. The number of halogens is 1. The molecule has 2 aromatic carbocycles. The third-order valence-electron chi connectivity index (χ3n) is 3.47. The van der Waals surface area contributed by atoms with Crippen LogP contribution in [0.2, 0.25) is 0 Å². The van der Waals surface area contributed by atoms with Gasteiger partial charge in [-0.3, -0.25) is 0 Å². The van der Waals surface area contributed by atoms with Crippen LogP contribution >= 0.6 is 15.9 Å². The van der Waals surface area contributed by atoms with E-state index in [2.05, 4.69) is 54.9 Å². The molecule has 2 aromatic rings. The lowest BCUT2D eigenvalue weighted by Crippen LogP contribution is -2.19. The van der Waals surface area contributed by atoms with Gasteiger partial charge in [-0.2, -0.15) is 0 Å². The van der Waals surface area contributed by atoms with Crippen molar-refractivity contribution < 1.29 is 4.74 Å². The second-order valence-electron chi connectivity index (χ2n) is 5.10. The Labute approximate surface area is 129 Å². The normalized spacial score (nSPS) is 12.2. The first-order valence-corrected chi connectivity index (χ1v) is 7.50. The first-order chi connectivity index (χ1) is 9.51. The minimum Gasteiger partial charge on any atom is -0.484 e. The lowest BCUT2D eigenvalue weighted by Gasteiger charge is -2.21. The summed E-state index contributed by atoms with van der Waals surface area (Å²) in [6.07, 6.45) is -0.132. The lowest BCUT2D eigenvalue weighted by atomic mass is 10.0. The van der Waals surface area contributed by atoms with Gasteiger partial charge in [-0.15, -0.1) is 0 Å². The zero-order chi connectivity index (χ0) is 14.7. The largest absolute Gasteiger partial charge is 0.484 e. The molecular formula is C17H20BrNO. The minimum atomic E-state index is -0.132. The van der Waals surface area contributed by atoms with E-state index in [4.69, 9.17) is 10.5 Å². The van der Waals surface area contributed by atoms with E-state index in [1.54, 1.807) is 0 Å². The molecule has 1 unspecified atom stereocenters. The second kappa shape index (κ2) is 6.42. The van der Waals surface area contributed by atoms with Crippen LogP contribution in [0, 0.1) is 20.8 Å². The van der Waals surface area contributed by atoms with Gasteiger partial charge >= 0.3 is 0 Å². The van der Waals surface area contributed by atoms with Gasteiger partial charge in [0, 0.05) is 11.0 Å². The van der Waals surface area contributed by atoms with Gasteiger partial charge in [0.1, 0.15) is 11.9 Å². The maximum absolute atomic E-state index is 6.15. The van der Waals surface area contributed by atoms with E-state index in [9.17, 15) is 0 Å². The Morgan fingerprint density at radius 2 is 1.90 bits per heavy atom. The number of nitrogens with two attached hydrogens (primary N) is 1. The van der Waals surface area contributed by atoms with E-state index in [1.165, 1.54) is 16.7 Å². The summed E-state index contributed by atoms with van der Waals surface area (Å²) in [5.41, 5.74) is 10.6. The van der Waals surface area contributed by atoms with Crippen molar-refractivity contribution in [2.24, 2.45) is 5.73 Å². The quantitative estimate of drug-likeness (QED) is 0.896. The number of ether oxygens (including phenoxy) is 1. The molecule has 0 aliphatic heterocycles. The molecule has 20 heavy (non-hydrogen) atoms. The summed E-state index contributed by atoms with van der Waals surface area (Å²) in [4.78, 5) is 0. The average Bonchev–Trinajstić information content (AvgIpc) is 2.41. The van der Waals surface area contributed by atoms with Gasteiger partial charge in [0.25, 0.3) is 0 Å². The molecule has 106 valence electrons. The fraction of sp³-hybridized carbons (Fsp3) is 0.294. The summed E-state index contributed by atoms with van der Waals surface area (Å²) in [6, 6.07) is 12.3. The van der Waals surface area contributed by atoms with Crippen LogP contribution in [0.25, 0.3) is 0 Å². The van der Waals surface area contributed by atoms with Crippen LogP contribution in [-0.2, 0) is 0 Å². The maximum atomic E-state index is 6.15. The Bertz CT molecular complexity index is 610. The molecule has 2 N–H and O–H groups in total. The van der Waals surface area contributed by atoms with Gasteiger partial charge in [-0.25, -0.2) is 0 Å². The summed E-state index contributed by atoms with van der Waals surface area (Å²) in [6.45, 7) is 6.71. The van der Waals surface area contributed by atoms with E-state index < -0.39 is 0 Å². The molecule has 0 heterocycles. The Morgan fingerprint density at radius 3 is 2.55 bits per heavy atom. The predicted molar refractivity (Wildman–Crippen MR) is 87.2 cm³/mol. The van der Waals surface area contributed by atoms with Gasteiger partial charge in [0.2, 0.25) is 0 Å². The van der Waals surface area contributed by atoms with Crippen molar-refractivity contribution in [1.29, 1.82) is 0 Å². The van der Waals surface area contributed by atoms with Crippen LogP contribution in [0.4, 0.5) is 0 Å². The van der Waals surface area contributed by atoms with Gasteiger partial charge in [-0.1, -0.05) is 34.1 Å². The van der Waals surface area contributed by atoms with Crippen LogP contribution in [-0.4, -0.2) is 6.54 Å². The molecule has 0 aliphatic rings. The molecule has 0 bridgehead atoms. The van der Waals surface area contributed by atoms with Crippen LogP contribution in [0.1, 0.15) is 28.4 Å². The Morgan fingerprint density at radius 1 is 1.15 bits per heavy atom. The first kappa shape index (κ1) is 15.1. The van der Waals surface area contributed by atoms with Crippen LogP contribution in [0.15, 0.2) is 40.9 Å². The third-order valence-corrected chi connectivity index (χ3v) is 3.96. The summed E-state index contributed by atoms with van der Waals surface area (Å²) in [7, 11) is 0. The van der Waals surface area contributed by atoms with E-state index in [-0.39, 0.29) is 6.10 Å². The zero-order valence-corrected chi connectivity index (χ0v) is 13.7. The molecule has 2 rings (SSSR count). The van der Waals surface area contributed by atoms with E-state index in [0.29, 0.717) is 6.54 Å². The highest BCUT2D eigenvalue weighted by atomic mass is 79.9. The molecule has 1 atom stereocenters. The highest BCUT2D eigenvalue weighted by Gasteiger charge is 2.14. The average molecular weight is 334 g/mol. The lowest BCUT2D eigenvalue weighted by molar-refractivity contribution is 0.212. The molecule has 0 saturated heterocycles. The van der Waals surface area contributed by atoms with Gasteiger partial charge in [0.05, 0.1) is 0 Å². The molecular weight excluding hydrogens is 314 g/mol. The topological polar surface area (TPSA) is 35.2 Å². The smallest absolute Gasteiger partial charge is 0.136 e. The molecule has 2 nitrogen and oxygen atoms in total. The molecule has 0 saturated carbocycles. The summed E-state index contributed by atoms with van der Waals surface area (Å²) < 4.78 is 7.19. The molecule has 0 amide bonds. The molecule has 0 spiro atoms. The van der Waals surface area contributed by atoms with Crippen molar-refractivity contribution in [1.82, 2.24) is 0 Å². The maximum Gasteiger partial charge on any atom is 0.136 e. The highest BCUT2D eigenvalue weighted by Crippen LogP contribution is 2.29. The zero-order valence-electron chi connectivity index (χ0n) is 12.1. The second-order valence-corrected chi connectivity index (χ2v) is 6.02. The van der Waals surface area contributed by atoms with E-state index >= 15 is 0 Å². The van der Waals surface area contributed by atoms with E-state index in [1.807, 2.05) is 18.2 Å². The minimum absolute atomic E-state index is 0.132. The van der Waals surface area contributed by atoms with Crippen molar-refractivity contribution in [2.75, 3.05) is 6.54 Å². The van der Waals surface area contributed by atoms with Crippen molar-refractivity contribution in [3.05, 3.63) is 63.1 Å². The van der Waals surface area contributed by atoms with Gasteiger partial charge < -0.3 is 10.5 Å². The van der Waals surface area contributed by atoms with Crippen LogP contribution < -0.4 is 10.5 Å². The van der Waals surface area contributed by atoms with Gasteiger partial charge in [-0.05, 0) is 61.2 Å². The SMILES string of the molecule is Cc1cc(C)c(C)c(OC(CN)c2cccc(Br)c2)c1. The molecule has 0 radical (unpaired) electrons. The number of hydrogen-bond acceptors (Lipinski definition) is 2. The Hall–Kier alpha value is -1.32. The fourth-order valence-corrected chi connectivity index (χ4v) is 2.65. The summed E-state index contributed by atoms with van der Waals surface area (Å²) >= 11 is 3.49. The Balaban J connectivity index is 2.31. The highest BCUT2D eigenvalue weighted by molar-refractivity contribution is 9.10. The van der Waals surface area contributed by atoms with Crippen molar-refractivity contribution in [3.63, 3.8) is 0 Å². The van der Waals surface area contributed by atoms with Crippen molar-refractivity contribution in [2.45, 2.75) is 26.9 Å². The van der Waals surface area contributed by atoms with E-state index in [0.717, 1.165) is 15.8 Å². The molecule has 3 heteroatoms. The fourth-order valence-electron chi connectivity index (χ4n) is 2.24. The van der Waals surface area contributed by atoms with Crippen molar-refractivity contribution in [3.8, 4) is 5.75 Å². The number of aryl methyl sites for hydroxylation is 2. The molecule has 0 fully saturated rings. The number of benzene rings is 2. The third kappa shape index (κ3) is 3.41. The van der Waals surface area contributed by atoms with Crippen LogP contribution in [0.5, 0.6) is 5.75 Å². The van der Waals surface area contributed by atoms with Crippen molar-refractivity contribution >= 4 is 15.9 Å². The molecule has 0 aromatic heterocycles. The standard InChI is InChI=1S/C17H20BrNO/c1-11-7-12(2)13(3)16(8-11)20-17(10-19)14-5-4-6-15(18)9-14/h4-9,17H,10,19H2,1-3H3. The monoisotopic (exact) mass is 333 g/mol. The first-order valence-electron chi connectivity index (χ1n) is 6.71. The summed E-state index contributed by atoms with van der Waals surface area (Å²) in [5.74, 6) is 0.915. The summed E-state index contributed by atoms with van der Waals surface area (Å²) in [5, 5.41) is 0. The molecule has 0 aliphatic carbocycles. The number of rotatable bonds is 4. The van der Waals surface area contributed by atoms with Gasteiger partial charge in [0.15, 0.2) is 0 Å².